The summed E-state index contributed by atoms with van der Waals surface area (Å²) >= 11 is 13.1. The van der Waals surface area contributed by atoms with E-state index >= 15 is 0 Å². The van der Waals surface area contributed by atoms with E-state index in [0.717, 1.165) is 11.3 Å². The SMILES string of the molecule is O=C1NC(=Nc2ccccc2)S/C1=C\c1ccc(OC(=O)c2ccc(Cl)c(Cl)c2)cc1. The van der Waals surface area contributed by atoms with Gasteiger partial charge in [-0.2, -0.15) is 0 Å². The number of rotatable bonds is 4. The van der Waals surface area contributed by atoms with Crippen LogP contribution in [0.5, 0.6) is 5.75 Å². The first kappa shape index (κ1) is 21.2. The Balaban J connectivity index is 1.44. The van der Waals surface area contributed by atoms with Crippen molar-refractivity contribution in [2.75, 3.05) is 0 Å². The number of hydrogen-bond acceptors (Lipinski definition) is 5. The molecule has 0 aromatic heterocycles. The van der Waals surface area contributed by atoms with E-state index in [1.54, 1.807) is 36.4 Å². The van der Waals surface area contributed by atoms with Gasteiger partial charge in [0.1, 0.15) is 5.75 Å². The Kier molecular flexibility index (Phi) is 6.42. The van der Waals surface area contributed by atoms with Crippen molar-refractivity contribution in [3.63, 3.8) is 0 Å². The third kappa shape index (κ3) is 5.35. The second-order valence-corrected chi connectivity index (χ2v) is 8.25. The van der Waals surface area contributed by atoms with Crippen LogP contribution in [0, 0.1) is 0 Å². The van der Waals surface area contributed by atoms with Gasteiger partial charge in [0.25, 0.3) is 5.91 Å². The predicted molar refractivity (Wildman–Crippen MR) is 125 cm³/mol. The zero-order valence-corrected chi connectivity index (χ0v) is 18.2. The topological polar surface area (TPSA) is 67.8 Å². The van der Waals surface area contributed by atoms with Gasteiger partial charge in [0.15, 0.2) is 5.17 Å². The molecule has 8 heteroatoms. The molecule has 1 saturated heterocycles. The van der Waals surface area contributed by atoms with E-state index in [2.05, 4.69) is 10.3 Å². The first-order chi connectivity index (χ1) is 15.0. The van der Waals surface area contributed by atoms with Gasteiger partial charge < -0.3 is 10.1 Å². The number of nitrogens with one attached hydrogen (secondary N) is 1. The Hall–Kier alpha value is -3.06. The number of halogens is 2. The summed E-state index contributed by atoms with van der Waals surface area (Å²) in [6.45, 7) is 0. The van der Waals surface area contributed by atoms with Crippen LogP contribution in [-0.2, 0) is 4.79 Å². The Morgan fingerprint density at radius 2 is 1.71 bits per heavy atom. The molecule has 1 aliphatic rings. The minimum Gasteiger partial charge on any atom is -0.423 e. The minimum absolute atomic E-state index is 0.213. The highest BCUT2D eigenvalue weighted by Crippen LogP contribution is 2.28. The number of benzene rings is 3. The smallest absolute Gasteiger partial charge is 0.343 e. The van der Waals surface area contributed by atoms with Crippen LogP contribution in [0.1, 0.15) is 15.9 Å². The van der Waals surface area contributed by atoms with E-state index in [1.165, 1.54) is 23.9 Å². The van der Waals surface area contributed by atoms with E-state index in [9.17, 15) is 9.59 Å². The Labute approximate surface area is 192 Å². The van der Waals surface area contributed by atoms with E-state index in [-0.39, 0.29) is 10.9 Å². The molecule has 1 aliphatic heterocycles. The highest BCUT2D eigenvalue weighted by Gasteiger charge is 2.23. The molecule has 0 saturated carbocycles. The number of nitrogens with zero attached hydrogens (tertiary/aromatic N) is 1. The van der Waals surface area contributed by atoms with Gasteiger partial charge in [0.2, 0.25) is 0 Å². The normalized spacial score (nSPS) is 15.9. The van der Waals surface area contributed by atoms with Gasteiger partial charge in [-0.05, 0) is 65.9 Å². The van der Waals surface area contributed by atoms with Crippen LogP contribution in [0.4, 0.5) is 5.69 Å². The number of carbonyl (C=O) groups is 2. The number of amides is 1. The second kappa shape index (κ2) is 9.39. The van der Waals surface area contributed by atoms with Crippen LogP contribution >= 0.6 is 35.0 Å². The summed E-state index contributed by atoms with van der Waals surface area (Å²) in [5.74, 6) is -0.389. The maximum Gasteiger partial charge on any atom is 0.343 e. The molecule has 0 aliphatic carbocycles. The maximum absolute atomic E-state index is 12.3. The Morgan fingerprint density at radius 1 is 0.968 bits per heavy atom. The molecule has 3 aromatic rings. The summed E-state index contributed by atoms with van der Waals surface area (Å²) in [5, 5.41) is 3.92. The lowest BCUT2D eigenvalue weighted by Gasteiger charge is -2.06. The lowest BCUT2D eigenvalue weighted by molar-refractivity contribution is -0.115. The highest BCUT2D eigenvalue weighted by molar-refractivity contribution is 8.18. The van der Waals surface area contributed by atoms with Gasteiger partial charge in [0, 0.05) is 0 Å². The van der Waals surface area contributed by atoms with Crippen LogP contribution < -0.4 is 10.1 Å². The molecule has 1 heterocycles. The zero-order chi connectivity index (χ0) is 21.8. The average Bonchev–Trinajstić information content (AvgIpc) is 3.10. The lowest BCUT2D eigenvalue weighted by atomic mass is 10.2. The number of carbonyl (C=O) groups excluding carboxylic acids is 2. The Bertz CT molecular complexity index is 1210. The van der Waals surface area contributed by atoms with Crippen molar-refractivity contribution >= 4 is 63.8 Å². The van der Waals surface area contributed by atoms with Crippen molar-refractivity contribution in [1.29, 1.82) is 0 Å². The van der Waals surface area contributed by atoms with E-state index in [4.69, 9.17) is 27.9 Å². The van der Waals surface area contributed by atoms with Gasteiger partial charge in [-0.25, -0.2) is 9.79 Å². The van der Waals surface area contributed by atoms with Gasteiger partial charge in [-0.1, -0.05) is 53.5 Å². The van der Waals surface area contributed by atoms with Crippen molar-refractivity contribution in [1.82, 2.24) is 5.32 Å². The largest absolute Gasteiger partial charge is 0.423 e. The van der Waals surface area contributed by atoms with Gasteiger partial charge >= 0.3 is 5.97 Å². The standard InChI is InChI=1S/C23H14Cl2N2O3S/c24-18-11-8-15(13-19(18)25)22(29)30-17-9-6-14(7-10-17)12-20-21(28)27-23(31-20)26-16-4-2-1-3-5-16/h1-13H,(H,26,27,28)/b20-12-. The molecule has 4 rings (SSSR count). The van der Waals surface area contributed by atoms with Gasteiger partial charge in [-0.15, -0.1) is 0 Å². The molecule has 154 valence electrons. The quantitative estimate of drug-likeness (QED) is 0.285. The van der Waals surface area contributed by atoms with E-state index in [1.807, 2.05) is 30.3 Å². The third-order valence-electron chi connectivity index (χ3n) is 4.18. The fraction of sp³-hybridized carbons (Fsp3) is 0. The minimum atomic E-state index is -0.544. The summed E-state index contributed by atoms with van der Waals surface area (Å²) in [4.78, 5) is 29.4. The van der Waals surface area contributed by atoms with Crippen molar-refractivity contribution < 1.29 is 14.3 Å². The molecular formula is C23H14Cl2N2O3S. The lowest BCUT2D eigenvalue weighted by Crippen LogP contribution is -2.19. The summed E-state index contributed by atoms with van der Waals surface area (Å²) in [7, 11) is 0. The summed E-state index contributed by atoms with van der Waals surface area (Å²) in [6.07, 6.45) is 1.75. The molecule has 0 unspecified atom stereocenters. The molecule has 1 fully saturated rings. The number of para-hydroxylation sites is 1. The van der Waals surface area contributed by atoms with Crippen LogP contribution in [-0.4, -0.2) is 17.0 Å². The molecular weight excluding hydrogens is 455 g/mol. The van der Waals surface area contributed by atoms with Gasteiger partial charge in [0.05, 0.1) is 26.2 Å². The fourth-order valence-electron chi connectivity index (χ4n) is 2.67. The average molecular weight is 469 g/mol. The molecule has 1 N–H and O–H groups in total. The molecule has 0 radical (unpaired) electrons. The van der Waals surface area contributed by atoms with Gasteiger partial charge in [-0.3, -0.25) is 4.79 Å². The maximum atomic E-state index is 12.3. The Morgan fingerprint density at radius 3 is 2.42 bits per heavy atom. The first-order valence-electron chi connectivity index (χ1n) is 9.10. The van der Waals surface area contributed by atoms with Crippen LogP contribution in [0.15, 0.2) is 82.7 Å². The number of thioether (sulfide) groups is 1. The third-order valence-corrected chi connectivity index (χ3v) is 5.83. The van der Waals surface area contributed by atoms with E-state index in [0.29, 0.717) is 26.4 Å². The van der Waals surface area contributed by atoms with Crippen LogP contribution in [0.2, 0.25) is 10.0 Å². The van der Waals surface area contributed by atoms with Crippen molar-refractivity contribution in [3.8, 4) is 5.75 Å². The number of hydrogen-bond donors (Lipinski definition) is 1. The van der Waals surface area contributed by atoms with Crippen molar-refractivity contribution in [2.45, 2.75) is 0 Å². The summed E-state index contributed by atoms with van der Waals surface area (Å²) in [6, 6.07) is 20.7. The predicted octanol–water partition coefficient (Wildman–Crippen LogP) is 6.10. The number of aliphatic imine (C=N–C) groups is 1. The van der Waals surface area contributed by atoms with Crippen LogP contribution in [0.3, 0.4) is 0 Å². The summed E-state index contributed by atoms with van der Waals surface area (Å²) < 4.78 is 5.36. The van der Waals surface area contributed by atoms with Crippen LogP contribution in [0.25, 0.3) is 6.08 Å². The zero-order valence-electron chi connectivity index (χ0n) is 15.8. The number of esters is 1. The number of ether oxygens (including phenoxy) is 1. The first-order valence-corrected chi connectivity index (χ1v) is 10.7. The number of amidine groups is 1. The molecule has 5 nitrogen and oxygen atoms in total. The van der Waals surface area contributed by atoms with Crippen molar-refractivity contribution in [2.24, 2.45) is 4.99 Å². The monoisotopic (exact) mass is 468 g/mol. The molecule has 31 heavy (non-hydrogen) atoms. The highest BCUT2D eigenvalue weighted by atomic mass is 35.5. The van der Waals surface area contributed by atoms with E-state index < -0.39 is 5.97 Å². The molecule has 1 amide bonds. The molecule has 3 aromatic carbocycles. The summed E-state index contributed by atoms with van der Waals surface area (Å²) in [5.41, 5.74) is 1.84. The van der Waals surface area contributed by atoms with Crippen molar-refractivity contribution in [3.05, 3.63) is 98.9 Å². The second-order valence-electron chi connectivity index (χ2n) is 6.40. The molecule has 0 bridgehead atoms. The fourth-order valence-corrected chi connectivity index (χ4v) is 3.81. The molecule has 0 spiro atoms. The molecule has 0 atom stereocenters.